The van der Waals surface area contributed by atoms with Gasteiger partial charge in [-0.15, -0.1) is 11.3 Å². The number of rotatable bonds is 10. The quantitative estimate of drug-likeness (QED) is 0.160. The predicted octanol–water partition coefficient (Wildman–Crippen LogP) is 5.12. The Morgan fingerprint density at radius 3 is 2.62 bits per heavy atom. The number of aryl methyl sites for hydroxylation is 1. The van der Waals surface area contributed by atoms with Crippen LogP contribution in [0.4, 0.5) is 0 Å². The van der Waals surface area contributed by atoms with Crippen LogP contribution in [-0.4, -0.2) is 122 Å². The highest BCUT2D eigenvalue weighted by Gasteiger charge is 2.40. The molecule has 0 unspecified atom stereocenters. The highest BCUT2D eigenvalue weighted by molar-refractivity contribution is 7.10. The molecule has 64 heavy (non-hydrogen) atoms. The lowest BCUT2D eigenvalue weighted by Crippen LogP contribution is -2.62. The molecule has 2 fully saturated rings. The summed E-state index contributed by atoms with van der Waals surface area (Å²) in [6, 6.07) is 5.18. The van der Waals surface area contributed by atoms with Gasteiger partial charge < -0.3 is 29.2 Å². The summed E-state index contributed by atoms with van der Waals surface area (Å²) in [5.74, 6) is -2.70. The molecule has 0 aromatic carbocycles. The number of fused-ring (bicyclic) bond motifs is 6. The Morgan fingerprint density at radius 2 is 1.91 bits per heavy atom. The number of hydrogen-bond donors (Lipinski definition) is 2. The largest absolute Gasteiger partial charge is 0.464 e. The molecule has 16 nitrogen and oxygen atoms in total. The first kappa shape index (κ1) is 46.5. The molecule has 4 aromatic heterocycles. The van der Waals surface area contributed by atoms with Crippen LogP contribution in [0.5, 0.6) is 0 Å². The summed E-state index contributed by atoms with van der Waals surface area (Å²) >= 11 is 1.36. The molecule has 0 spiro atoms. The molecule has 4 amide bonds. The fraction of sp³-hybridized carbons (Fsp3) is 0.532. The van der Waals surface area contributed by atoms with E-state index in [9.17, 15) is 24.0 Å². The standard InChI is InChI=1S/C47H61N9O7S/c1-10-38(57)54-21-18-29(24-54)44(59)53(8)41(27(3)4)43(58)51-34-22-37-49-35(25-64-37)32-16-17-36-40(50-32)31(42(55(36)11-2)30-14-12-19-48-39(30)28(5)62-9)23-47(6,7)26-63-46(61)33-15-13-20-56(52-33)45(34)60/h10,12,14,16-17,19,25,27-29,33-34,41,52H,1,11,13,15,18,20-24,26H2,2-9H3,(H,51,58)/t28-,29-,33-,34-,41-/m0/s1. The Hall–Kier alpha value is -5.52. The van der Waals surface area contributed by atoms with Crippen molar-refractivity contribution < 1.29 is 33.4 Å². The third kappa shape index (κ3) is 9.47. The Bertz CT molecular complexity index is 2430. The number of carbonyl (C=O) groups is 5. The van der Waals surface area contributed by atoms with Gasteiger partial charge in [-0.05, 0) is 75.8 Å². The maximum Gasteiger partial charge on any atom is 0.324 e. The van der Waals surface area contributed by atoms with E-state index in [1.165, 1.54) is 27.3 Å². The van der Waals surface area contributed by atoms with Crippen molar-refractivity contribution >= 4 is 52.0 Å². The number of likely N-dealkylation sites (tertiary alicyclic amines) is 1. The summed E-state index contributed by atoms with van der Waals surface area (Å²) in [7, 11) is 3.26. The van der Waals surface area contributed by atoms with Gasteiger partial charge in [0.2, 0.25) is 17.7 Å². The Labute approximate surface area is 378 Å². The van der Waals surface area contributed by atoms with E-state index in [0.717, 1.165) is 33.5 Å². The van der Waals surface area contributed by atoms with Crippen molar-refractivity contribution in [1.29, 1.82) is 0 Å². The number of carbonyl (C=O) groups excluding carboxylic acids is 5. The van der Waals surface area contributed by atoms with Crippen molar-refractivity contribution in [2.45, 2.75) is 104 Å². The number of amides is 4. The van der Waals surface area contributed by atoms with Gasteiger partial charge in [-0.2, -0.15) is 0 Å². The zero-order chi connectivity index (χ0) is 46.0. The van der Waals surface area contributed by atoms with E-state index < -0.39 is 47.2 Å². The number of hydrazine groups is 1. The summed E-state index contributed by atoms with van der Waals surface area (Å²) in [5, 5.41) is 6.91. The van der Waals surface area contributed by atoms with Gasteiger partial charge in [-0.1, -0.05) is 34.3 Å². The minimum Gasteiger partial charge on any atom is -0.464 e. The topological polar surface area (TPSA) is 181 Å². The van der Waals surface area contributed by atoms with Gasteiger partial charge in [0.25, 0.3) is 5.91 Å². The van der Waals surface area contributed by atoms with Crippen molar-refractivity contribution in [3.8, 4) is 22.6 Å². The first-order chi connectivity index (χ1) is 30.5. The van der Waals surface area contributed by atoms with Gasteiger partial charge in [0.05, 0.1) is 57.4 Å². The van der Waals surface area contributed by atoms with Gasteiger partial charge in [0, 0.05) is 74.9 Å². The number of nitrogens with zero attached hydrogens (tertiary/aromatic N) is 7. The molecule has 5 atom stereocenters. The van der Waals surface area contributed by atoms with Crippen LogP contribution >= 0.6 is 11.3 Å². The minimum atomic E-state index is -1.10. The average molecular weight is 896 g/mol. The number of hydrogen-bond acceptors (Lipinski definition) is 12. The number of ether oxygens (including phenoxy) is 2. The lowest BCUT2D eigenvalue weighted by atomic mass is 9.85. The van der Waals surface area contributed by atoms with E-state index in [1.54, 1.807) is 25.3 Å². The number of esters is 1. The monoisotopic (exact) mass is 895 g/mol. The Balaban J connectivity index is 1.27. The molecule has 7 rings (SSSR count). The first-order valence-electron chi connectivity index (χ1n) is 22.2. The van der Waals surface area contributed by atoms with Crippen molar-refractivity contribution in [2.24, 2.45) is 17.3 Å². The SMILES string of the molecule is C=CC(=O)N1CC[C@H](C(=O)N(C)[C@H](C(=O)N[C@H]2Cc3nc(cs3)-c3ccc4c(n3)c(c(-c3cccnc3[C@H](C)OC)n4CC)CC(C)(C)COC(=O)[C@@H]3CCCN(N3)C2=O)C(C)C)C1. The molecular weight excluding hydrogens is 835 g/mol. The first-order valence-corrected chi connectivity index (χ1v) is 23.1. The number of aromatic nitrogens is 4. The zero-order valence-electron chi connectivity index (χ0n) is 38.2. The van der Waals surface area contributed by atoms with Crippen molar-refractivity contribution in [3.05, 3.63) is 64.8 Å². The average Bonchev–Trinajstić information content (AvgIpc) is 4.05. The Morgan fingerprint density at radius 1 is 1.12 bits per heavy atom. The maximum atomic E-state index is 14.6. The minimum absolute atomic E-state index is 0.0474. The number of cyclic esters (lactones) is 1. The van der Waals surface area contributed by atoms with Crippen LogP contribution in [-0.2, 0) is 52.8 Å². The van der Waals surface area contributed by atoms with Gasteiger partial charge in [-0.25, -0.2) is 15.4 Å². The molecule has 2 saturated heterocycles. The van der Waals surface area contributed by atoms with Crippen LogP contribution < -0.4 is 10.7 Å². The fourth-order valence-corrected chi connectivity index (χ4v) is 10.1. The number of likely N-dealkylation sites (N-methyl/N-ethyl adjacent to an activating group) is 1. The van der Waals surface area contributed by atoms with Gasteiger partial charge in [0.1, 0.15) is 18.1 Å². The summed E-state index contributed by atoms with van der Waals surface area (Å²) in [6.07, 6.45) is 4.75. The molecule has 4 aromatic rings. The summed E-state index contributed by atoms with van der Waals surface area (Å²) in [4.78, 5) is 87.1. The second-order valence-electron chi connectivity index (χ2n) is 18.2. The molecule has 0 saturated carbocycles. The zero-order valence-corrected chi connectivity index (χ0v) is 39.0. The highest BCUT2D eigenvalue weighted by atomic mass is 32.1. The second-order valence-corrected chi connectivity index (χ2v) is 19.2. The molecule has 17 heteroatoms. The molecule has 3 aliphatic heterocycles. The molecule has 2 N–H and O–H groups in total. The lowest BCUT2D eigenvalue weighted by Gasteiger charge is -2.36. The van der Waals surface area contributed by atoms with Crippen molar-refractivity contribution in [1.82, 2.24) is 45.1 Å². The van der Waals surface area contributed by atoms with E-state index in [4.69, 9.17) is 24.4 Å². The third-order valence-electron chi connectivity index (χ3n) is 12.6. The van der Waals surface area contributed by atoms with Gasteiger partial charge in [0.15, 0.2) is 0 Å². The van der Waals surface area contributed by atoms with Gasteiger partial charge >= 0.3 is 5.97 Å². The number of pyridine rings is 2. The molecular formula is C47H61N9O7S. The van der Waals surface area contributed by atoms with Crippen molar-refractivity contribution in [3.63, 3.8) is 0 Å². The summed E-state index contributed by atoms with van der Waals surface area (Å²) < 4.78 is 14.1. The molecule has 0 radical (unpaired) electrons. The predicted molar refractivity (Wildman–Crippen MR) is 243 cm³/mol. The van der Waals surface area contributed by atoms with Crippen LogP contribution in [0.1, 0.15) is 83.2 Å². The summed E-state index contributed by atoms with van der Waals surface area (Å²) in [5.41, 5.74) is 9.28. The van der Waals surface area contributed by atoms with Crippen molar-refractivity contribution in [2.75, 3.05) is 40.4 Å². The molecule has 7 heterocycles. The van der Waals surface area contributed by atoms with Crippen LogP contribution in [0.25, 0.3) is 33.7 Å². The molecule has 0 aliphatic carbocycles. The van der Waals surface area contributed by atoms with Gasteiger partial charge in [-0.3, -0.25) is 34.0 Å². The number of nitrogens with one attached hydrogen (secondary N) is 2. The number of methoxy groups -OCH3 is 1. The Kier molecular flexibility index (Phi) is 14.0. The maximum absolute atomic E-state index is 14.6. The van der Waals surface area contributed by atoms with E-state index in [1.807, 2.05) is 38.3 Å². The van der Waals surface area contributed by atoms with E-state index in [2.05, 4.69) is 54.8 Å². The normalized spacial score (nSPS) is 21.3. The number of thiazole rings is 1. The molecule has 3 aliphatic rings. The van der Waals surface area contributed by atoms with Crippen LogP contribution in [0.15, 0.2) is 48.5 Å². The highest BCUT2D eigenvalue weighted by Crippen LogP contribution is 2.41. The van der Waals surface area contributed by atoms with E-state index >= 15 is 0 Å². The van der Waals surface area contributed by atoms with Crippen LogP contribution in [0.3, 0.4) is 0 Å². The van der Waals surface area contributed by atoms with Crippen LogP contribution in [0.2, 0.25) is 0 Å². The van der Waals surface area contributed by atoms with E-state index in [0.29, 0.717) is 61.7 Å². The second kappa shape index (κ2) is 19.3. The van der Waals surface area contributed by atoms with Crippen LogP contribution in [0, 0.1) is 17.3 Å². The smallest absolute Gasteiger partial charge is 0.324 e. The lowest BCUT2D eigenvalue weighted by molar-refractivity contribution is -0.155. The summed E-state index contributed by atoms with van der Waals surface area (Å²) in [6.45, 7) is 17.2. The molecule has 6 bridgehead atoms. The third-order valence-corrected chi connectivity index (χ3v) is 13.5. The fourth-order valence-electron chi connectivity index (χ4n) is 9.28. The molecule has 342 valence electrons. The van der Waals surface area contributed by atoms with E-state index in [-0.39, 0.29) is 43.4 Å².